The summed E-state index contributed by atoms with van der Waals surface area (Å²) in [5.74, 6) is 1.46. The Morgan fingerprint density at radius 2 is 2.14 bits per heavy atom. The molecule has 0 atom stereocenters. The van der Waals surface area contributed by atoms with Crippen molar-refractivity contribution in [3.8, 4) is 0 Å². The average molecular weight is 310 g/mol. The van der Waals surface area contributed by atoms with E-state index in [0.29, 0.717) is 34.9 Å². The molecular formula is C15H22N2O3S. The van der Waals surface area contributed by atoms with E-state index in [0.717, 1.165) is 25.3 Å². The molecule has 0 aliphatic heterocycles. The molecule has 0 saturated heterocycles. The number of carboxylic acid groups (broad SMARTS) is 1. The van der Waals surface area contributed by atoms with Gasteiger partial charge in [0.25, 0.3) is 0 Å². The van der Waals surface area contributed by atoms with Gasteiger partial charge in [-0.15, -0.1) is 11.8 Å². The predicted molar refractivity (Wildman–Crippen MR) is 82.1 cm³/mol. The van der Waals surface area contributed by atoms with E-state index in [1.54, 1.807) is 6.92 Å². The van der Waals surface area contributed by atoms with Crippen LogP contribution in [0.3, 0.4) is 0 Å². The summed E-state index contributed by atoms with van der Waals surface area (Å²) in [6, 6.07) is 0. The lowest BCUT2D eigenvalue weighted by atomic mass is 10.2. The monoisotopic (exact) mass is 310 g/mol. The van der Waals surface area contributed by atoms with E-state index in [1.165, 1.54) is 11.8 Å². The van der Waals surface area contributed by atoms with E-state index in [1.807, 2.05) is 0 Å². The molecule has 1 aliphatic rings. The molecule has 1 heterocycles. The van der Waals surface area contributed by atoms with Gasteiger partial charge in [-0.25, -0.2) is 14.8 Å². The maximum atomic E-state index is 11.4. The summed E-state index contributed by atoms with van der Waals surface area (Å²) in [6.45, 7) is 7.28. The zero-order chi connectivity index (χ0) is 15.4. The van der Waals surface area contributed by atoms with Gasteiger partial charge >= 0.3 is 5.97 Å². The third-order valence-corrected chi connectivity index (χ3v) is 4.09. The van der Waals surface area contributed by atoms with Gasteiger partial charge in [-0.05, 0) is 25.7 Å². The molecule has 0 aromatic carbocycles. The molecule has 0 bridgehead atoms. The van der Waals surface area contributed by atoms with Crippen LogP contribution in [0.2, 0.25) is 0 Å². The summed E-state index contributed by atoms with van der Waals surface area (Å²) in [6.07, 6.45) is 2.21. The van der Waals surface area contributed by atoms with Crippen molar-refractivity contribution in [2.45, 2.75) is 44.6 Å². The summed E-state index contributed by atoms with van der Waals surface area (Å²) in [4.78, 5) is 20.2. The minimum Gasteiger partial charge on any atom is -0.478 e. The molecule has 116 valence electrons. The number of hydrogen-bond donors (Lipinski definition) is 1. The van der Waals surface area contributed by atoms with Crippen LogP contribution < -0.4 is 0 Å². The number of aromatic carboxylic acids is 1. The van der Waals surface area contributed by atoms with Crippen LogP contribution in [0.5, 0.6) is 0 Å². The lowest BCUT2D eigenvalue weighted by Gasteiger charge is -2.10. The normalized spacial score (nSPS) is 14.7. The van der Waals surface area contributed by atoms with Crippen molar-refractivity contribution < 1.29 is 14.6 Å². The van der Waals surface area contributed by atoms with Crippen molar-refractivity contribution in [3.63, 3.8) is 0 Å². The highest BCUT2D eigenvalue weighted by atomic mass is 32.2. The van der Waals surface area contributed by atoms with Crippen molar-refractivity contribution in [1.82, 2.24) is 9.97 Å². The quantitative estimate of drug-likeness (QED) is 0.452. The molecule has 0 spiro atoms. The third kappa shape index (κ3) is 4.68. The van der Waals surface area contributed by atoms with Gasteiger partial charge in [-0.2, -0.15) is 0 Å². The molecule has 1 fully saturated rings. The Hall–Kier alpha value is -1.14. The highest BCUT2D eigenvalue weighted by molar-refractivity contribution is 7.99. The first-order valence-corrected chi connectivity index (χ1v) is 8.30. The van der Waals surface area contributed by atoms with E-state index in [-0.39, 0.29) is 5.56 Å². The maximum absolute atomic E-state index is 11.4. The Kier molecular flexibility index (Phi) is 5.58. The number of ether oxygens (including phenoxy) is 1. The molecule has 6 heteroatoms. The van der Waals surface area contributed by atoms with Crippen LogP contribution in [-0.2, 0) is 4.74 Å². The Bertz CT molecular complexity index is 516. The Balaban J connectivity index is 2.03. The summed E-state index contributed by atoms with van der Waals surface area (Å²) < 4.78 is 5.53. The minimum absolute atomic E-state index is 0.230. The van der Waals surface area contributed by atoms with Gasteiger partial charge in [-0.1, -0.05) is 13.8 Å². The number of rotatable bonds is 8. The first kappa shape index (κ1) is 16.2. The fourth-order valence-corrected chi connectivity index (χ4v) is 2.89. The van der Waals surface area contributed by atoms with Gasteiger partial charge in [-0.3, -0.25) is 0 Å². The number of aryl methyl sites for hydroxylation is 1. The first-order chi connectivity index (χ1) is 9.99. The maximum Gasteiger partial charge on any atom is 0.340 e. The smallest absolute Gasteiger partial charge is 0.340 e. The Morgan fingerprint density at radius 1 is 1.43 bits per heavy atom. The van der Waals surface area contributed by atoms with Crippen molar-refractivity contribution in [2.24, 2.45) is 5.92 Å². The second kappa shape index (κ2) is 7.22. The van der Waals surface area contributed by atoms with Crippen LogP contribution >= 0.6 is 11.8 Å². The highest BCUT2D eigenvalue weighted by Gasteiger charge is 2.29. The van der Waals surface area contributed by atoms with Crippen LogP contribution in [0, 0.1) is 12.8 Å². The summed E-state index contributed by atoms with van der Waals surface area (Å²) in [7, 11) is 0. The SMILES string of the molecule is Cc1nc(C2CC2)nc(SCCOCC(C)C)c1C(=O)O. The van der Waals surface area contributed by atoms with Crippen molar-refractivity contribution in [1.29, 1.82) is 0 Å². The molecular weight excluding hydrogens is 288 g/mol. The van der Waals surface area contributed by atoms with E-state index in [9.17, 15) is 9.90 Å². The van der Waals surface area contributed by atoms with Crippen LogP contribution in [-0.4, -0.2) is 40.0 Å². The number of carboxylic acids is 1. The summed E-state index contributed by atoms with van der Waals surface area (Å²) >= 11 is 1.44. The Labute approximate surface area is 129 Å². The fourth-order valence-electron chi connectivity index (χ4n) is 1.96. The van der Waals surface area contributed by atoms with Gasteiger partial charge in [0.2, 0.25) is 0 Å². The highest BCUT2D eigenvalue weighted by Crippen LogP contribution is 2.39. The third-order valence-electron chi connectivity index (χ3n) is 3.15. The molecule has 1 N–H and O–H groups in total. The number of aromatic nitrogens is 2. The molecule has 5 nitrogen and oxygen atoms in total. The standard InChI is InChI=1S/C15H22N2O3S/c1-9(2)8-20-6-7-21-14-12(15(18)19)10(3)16-13(17-14)11-4-5-11/h9,11H,4-8H2,1-3H3,(H,18,19). The molecule has 0 radical (unpaired) electrons. The molecule has 1 saturated carbocycles. The summed E-state index contributed by atoms with van der Waals surface area (Å²) in [5, 5.41) is 9.92. The van der Waals surface area contributed by atoms with Gasteiger partial charge in [0, 0.05) is 18.3 Å². The number of thioether (sulfide) groups is 1. The van der Waals surface area contributed by atoms with Gasteiger partial charge in [0.05, 0.1) is 12.3 Å². The molecule has 0 unspecified atom stereocenters. The molecule has 1 aromatic rings. The second-order valence-electron chi connectivity index (χ2n) is 5.74. The van der Waals surface area contributed by atoms with Gasteiger partial charge in [0.15, 0.2) is 0 Å². The topological polar surface area (TPSA) is 72.3 Å². The number of nitrogens with zero attached hydrogens (tertiary/aromatic N) is 2. The van der Waals surface area contributed by atoms with E-state index < -0.39 is 5.97 Å². The summed E-state index contributed by atoms with van der Waals surface area (Å²) in [5.41, 5.74) is 0.790. The van der Waals surface area contributed by atoms with Crippen molar-refractivity contribution in [3.05, 3.63) is 17.1 Å². The lowest BCUT2D eigenvalue weighted by Crippen LogP contribution is -2.10. The number of carbonyl (C=O) groups is 1. The lowest BCUT2D eigenvalue weighted by molar-refractivity contribution is 0.0690. The van der Waals surface area contributed by atoms with Crippen molar-refractivity contribution >= 4 is 17.7 Å². The second-order valence-corrected chi connectivity index (χ2v) is 6.83. The molecule has 1 aliphatic carbocycles. The van der Waals surface area contributed by atoms with Crippen LogP contribution in [0.25, 0.3) is 0 Å². The van der Waals surface area contributed by atoms with Gasteiger partial charge in [0.1, 0.15) is 16.4 Å². The van der Waals surface area contributed by atoms with Crippen LogP contribution in [0.4, 0.5) is 0 Å². The zero-order valence-electron chi connectivity index (χ0n) is 12.8. The molecule has 1 aromatic heterocycles. The molecule has 2 rings (SSSR count). The van der Waals surface area contributed by atoms with Crippen molar-refractivity contribution in [2.75, 3.05) is 19.0 Å². The molecule has 0 amide bonds. The van der Waals surface area contributed by atoms with Gasteiger partial charge < -0.3 is 9.84 Å². The van der Waals surface area contributed by atoms with E-state index in [2.05, 4.69) is 23.8 Å². The molecule has 21 heavy (non-hydrogen) atoms. The largest absolute Gasteiger partial charge is 0.478 e. The van der Waals surface area contributed by atoms with Crippen LogP contribution in [0.1, 0.15) is 54.5 Å². The number of hydrogen-bond acceptors (Lipinski definition) is 5. The fraction of sp³-hybridized carbons (Fsp3) is 0.667. The Morgan fingerprint density at radius 3 is 2.71 bits per heavy atom. The predicted octanol–water partition coefficient (Wildman–Crippen LogP) is 3.13. The van der Waals surface area contributed by atoms with E-state index in [4.69, 9.17) is 4.74 Å². The average Bonchev–Trinajstić information content (AvgIpc) is 3.20. The van der Waals surface area contributed by atoms with E-state index >= 15 is 0 Å². The van der Waals surface area contributed by atoms with Crippen LogP contribution in [0.15, 0.2) is 5.03 Å². The first-order valence-electron chi connectivity index (χ1n) is 7.31. The minimum atomic E-state index is -0.958. The zero-order valence-corrected chi connectivity index (χ0v) is 13.6.